The second-order valence-electron chi connectivity index (χ2n) is 9.19. The fourth-order valence-corrected chi connectivity index (χ4v) is 6.52. The SMILES string of the molecule is Cc1ccc(NC(=O)C2(c3ccccc3C(C)C)CN(S(=O)(=O)CCCS(=O)(=O)O)C2)c(OC(F)F)n1. The van der Waals surface area contributed by atoms with E-state index in [0.29, 0.717) is 11.3 Å². The first-order valence-corrected chi connectivity index (χ1v) is 14.6. The number of aromatic nitrogens is 1. The standard InChI is InChI=1S/C23H29F2N3O7S2/c1-15(2)17-7-4-5-8-18(17)23(13-28(14-23)36(30,31)11-6-12-37(32,33)34)21(29)27-19-10-9-16(3)26-20(19)35-22(24)25/h4-5,7-10,15,22H,6,11-14H2,1-3H3,(H,27,29)(H,32,33,34). The number of halogens is 2. The van der Waals surface area contributed by atoms with Crippen LogP contribution in [-0.2, 0) is 30.4 Å². The van der Waals surface area contributed by atoms with Gasteiger partial charge < -0.3 is 10.1 Å². The van der Waals surface area contributed by atoms with E-state index in [2.05, 4.69) is 15.0 Å². The largest absolute Gasteiger partial charge is 0.415 e. The molecule has 0 saturated carbocycles. The lowest BCUT2D eigenvalue weighted by molar-refractivity contribution is -0.125. The van der Waals surface area contributed by atoms with E-state index < -0.39 is 55.5 Å². The summed E-state index contributed by atoms with van der Waals surface area (Å²) in [6, 6.07) is 9.96. The topological polar surface area (TPSA) is 143 Å². The van der Waals surface area contributed by atoms with Gasteiger partial charge in [0.15, 0.2) is 0 Å². The Morgan fingerprint density at radius 2 is 1.78 bits per heavy atom. The molecule has 0 unspecified atom stereocenters. The predicted octanol–water partition coefficient (Wildman–Crippen LogP) is 2.91. The Bertz CT molecular complexity index is 1360. The second-order valence-corrected chi connectivity index (χ2v) is 12.8. The summed E-state index contributed by atoms with van der Waals surface area (Å²) in [4.78, 5) is 17.6. The number of aryl methyl sites for hydroxylation is 1. The van der Waals surface area contributed by atoms with Crippen LogP contribution in [0.3, 0.4) is 0 Å². The van der Waals surface area contributed by atoms with E-state index in [0.717, 1.165) is 9.87 Å². The predicted molar refractivity (Wildman–Crippen MR) is 133 cm³/mol. The lowest BCUT2D eigenvalue weighted by atomic mass is 9.71. The fraction of sp³-hybridized carbons (Fsp3) is 0.478. The first-order valence-electron chi connectivity index (χ1n) is 11.4. The Morgan fingerprint density at radius 1 is 1.14 bits per heavy atom. The second kappa shape index (κ2) is 11.0. The maximum atomic E-state index is 13.7. The molecule has 1 aliphatic rings. The molecule has 10 nitrogen and oxygen atoms in total. The third-order valence-corrected chi connectivity index (χ3v) is 8.73. The van der Waals surface area contributed by atoms with Crippen molar-refractivity contribution in [1.29, 1.82) is 0 Å². The van der Waals surface area contributed by atoms with Crippen molar-refractivity contribution in [1.82, 2.24) is 9.29 Å². The summed E-state index contributed by atoms with van der Waals surface area (Å²) in [5.41, 5.74) is 0.339. The van der Waals surface area contributed by atoms with Crippen molar-refractivity contribution >= 4 is 31.7 Å². The molecular formula is C23H29F2N3O7S2. The molecule has 0 spiro atoms. The van der Waals surface area contributed by atoms with Gasteiger partial charge in [0.2, 0.25) is 21.8 Å². The minimum atomic E-state index is -4.32. The fourth-order valence-electron chi connectivity index (χ4n) is 4.22. The van der Waals surface area contributed by atoms with Crippen LogP contribution in [0.4, 0.5) is 14.5 Å². The van der Waals surface area contributed by atoms with Gasteiger partial charge in [0.05, 0.1) is 11.5 Å². The van der Waals surface area contributed by atoms with Crippen LogP contribution in [0.1, 0.15) is 43.0 Å². The summed E-state index contributed by atoms with van der Waals surface area (Å²) < 4.78 is 87.9. The molecule has 0 atom stereocenters. The van der Waals surface area contributed by atoms with Crippen molar-refractivity contribution in [2.75, 3.05) is 29.9 Å². The van der Waals surface area contributed by atoms with Gasteiger partial charge >= 0.3 is 6.61 Å². The molecule has 1 amide bonds. The van der Waals surface area contributed by atoms with Crippen molar-refractivity contribution in [2.45, 2.75) is 45.1 Å². The van der Waals surface area contributed by atoms with Gasteiger partial charge in [-0.3, -0.25) is 9.35 Å². The minimum absolute atomic E-state index is 0.0138. The third kappa shape index (κ3) is 6.80. The smallest absolute Gasteiger partial charge is 0.388 e. The molecule has 1 aromatic carbocycles. The summed E-state index contributed by atoms with van der Waals surface area (Å²) in [5.74, 6) is -2.36. The molecule has 2 aromatic rings. The maximum absolute atomic E-state index is 13.7. The third-order valence-electron chi connectivity index (χ3n) is 6.07. The average molecular weight is 562 g/mol. The molecule has 1 aliphatic heterocycles. The number of carbonyl (C=O) groups excluding carboxylic acids is 1. The highest BCUT2D eigenvalue weighted by atomic mass is 32.2. The highest BCUT2D eigenvalue weighted by Gasteiger charge is 2.55. The molecule has 0 radical (unpaired) electrons. The van der Waals surface area contributed by atoms with E-state index in [1.165, 1.54) is 12.1 Å². The van der Waals surface area contributed by atoms with Crippen molar-refractivity contribution < 1.29 is 39.7 Å². The van der Waals surface area contributed by atoms with Gasteiger partial charge in [-0.1, -0.05) is 38.1 Å². The van der Waals surface area contributed by atoms with E-state index in [1.807, 2.05) is 19.9 Å². The van der Waals surface area contributed by atoms with Crippen LogP contribution in [0.25, 0.3) is 0 Å². The quantitative estimate of drug-likeness (QED) is 0.399. The summed E-state index contributed by atoms with van der Waals surface area (Å²) in [6.07, 6.45) is -0.317. The Labute approximate surface area is 214 Å². The van der Waals surface area contributed by atoms with Crippen molar-refractivity contribution in [3.63, 3.8) is 0 Å². The molecule has 3 rings (SSSR count). The number of rotatable bonds is 11. The first-order chi connectivity index (χ1) is 17.1. The summed E-state index contributed by atoms with van der Waals surface area (Å²) in [5, 5.41) is 2.59. The van der Waals surface area contributed by atoms with Crippen LogP contribution in [0.15, 0.2) is 36.4 Å². The van der Waals surface area contributed by atoms with Gasteiger partial charge in [-0.2, -0.15) is 21.5 Å². The molecule has 1 fully saturated rings. The van der Waals surface area contributed by atoms with E-state index in [4.69, 9.17) is 4.55 Å². The normalized spacial score (nSPS) is 16.0. The van der Waals surface area contributed by atoms with E-state index in [1.54, 1.807) is 25.1 Å². The van der Waals surface area contributed by atoms with Gasteiger partial charge in [-0.05, 0) is 42.5 Å². The maximum Gasteiger partial charge on any atom is 0.388 e. The molecule has 1 saturated heterocycles. The first kappa shape index (κ1) is 28.9. The van der Waals surface area contributed by atoms with E-state index >= 15 is 0 Å². The van der Waals surface area contributed by atoms with Crippen LogP contribution in [-0.4, -0.2) is 67.8 Å². The molecule has 14 heteroatoms. The number of benzene rings is 1. The molecule has 204 valence electrons. The molecule has 1 aromatic heterocycles. The number of nitrogens with zero attached hydrogens (tertiary/aromatic N) is 2. The van der Waals surface area contributed by atoms with Gasteiger partial charge in [-0.15, -0.1) is 0 Å². The zero-order chi connectivity index (χ0) is 27.6. The van der Waals surface area contributed by atoms with Gasteiger partial charge in [0.1, 0.15) is 11.1 Å². The average Bonchev–Trinajstić information content (AvgIpc) is 2.73. The Morgan fingerprint density at radius 3 is 2.38 bits per heavy atom. The highest BCUT2D eigenvalue weighted by Crippen LogP contribution is 2.41. The Kier molecular flexibility index (Phi) is 8.57. The van der Waals surface area contributed by atoms with Crippen molar-refractivity contribution in [3.8, 4) is 5.88 Å². The molecule has 2 heterocycles. The number of anilines is 1. The number of amides is 1. The number of hydrogen-bond acceptors (Lipinski definition) is 7. The number of carbonyl (C=O) groups is 1. The lowest BCUT2D eigenvalue weighted by Gasteiger charge is -2.49. The number of ether oxygens (including phenoxy) is 1. The van der Waals surface area contributed by atoms with Crippen LogP contribution < -0.4 is 10.1 Å². The van der Waals surface area contributed by atoms with E-state index in [-0.39, 0.29) is 31.1 Å². The molecule has 0 aliphatic carbocycles. The van der Waals surface area contributed by atoms with E-state index in [9.17, 15) is 30.4 Å². The number of pyridine rings is 1. The summed E-state index contributed by atoms with van der Waals surface area (Å²) in [6.45, 7) is 1.74. The minimum Gasteiger partial charge on any atom is -0.415 e. The van der Waals surface area contributed by atoms with Crippen molar-refractivity contribution in [3.05, 3.63) is 53.2 Å². The highest BCUT2D eigenvalue weighted by molar-refractivity contribution is 7.89. The lowest BCUT2D eigenvalue weighted by Crippen LogP contribution is -2.66. The van der Waals surface area contributed by atoms with Crippen LogP contribution in [0.5, 0.6) is 5.88 Å². The zero-order valence-corrected chi connectivity index (χ0v) is 22.2. The molecule has 2 N–H and O–H groups in total. The Balaban J connectivity index is 1.95. The van der Waals surface area contributed by atoms with Crippen molar-refractivity contribution in [2.24, 2.45) is 0 Å². The van der Waals surface area contributed by atoms with Gasteiger partial charge in [0.25, 0.3) is 10.1 Å². The molecule has 37 heavy (non-hydrogen) atoms. The number of alkyl halides is 2. The number of nitrogens with one attached hydrogen (secondary N) is 1. The van der Waals surface area contributed by atoms with Gasteiger partial charge in [-0.25, -0.2) is 13.4 Å². The molecular weight excluding hydrogens is 532 g/mol. The van der Waals surface area contributed by atoms with Crippen LogP contribution in [0, 0.1) is 6.92 Å². The van der Waals surface area contributed by atoms with Crippen LogP contribution >= 0.6 is 0 Å². The number of hydrogen-bond donors (Lipinski definition) is 2. The number of sulfonamides is 1. The zero-order valence-electron chi connectivity index (χ0n) is 20.5. The summed E-state index contributed by atoms with van der Waals surface area (Å²) in [7, 11) is -8.28. The molecule has 0 bridgehead atoms. The Hall–Kier alpha value is -2.68. The van der Waals surface area contributed by atoms with Crippen LogP contribution in [0.2, 0.25) is 0 Å². The van der Waals surface area contributed by atoms with Gasteiger partial charge in [0, 0.05) is 18.8 Å². The monoisotopic (exact) mass is 561 g/mol. The summed E-state index contributed by atoms with van der Waals surface area (Å²) >= 11 is 0.